The van der Waals surface area contributed by atoms with Crippen molar-refractivity contribution in [1.29, 1.82) is 0 Å². The third-order valence-corrected chi connectivity index (χ3v) is 5.25. The fraction of sp³-hybridized carbons (Fsp3) is 0.350. The molecule has 0 bridgehead atoms. The normalized spacial score (nSPS) is 14.8. The molecule has 1 amide bonds. The molecule has 0 aromatic heterocycles. The Kier molecular flexibility index (Phi) is 5.89. The highest BCUT2D eigenvalue weighted by molar-refractivity contribution is 5.95. The Labute approximate surface area is 162 Å². The van der Waals surface area contributed by atoms with Crippen molar-refractivity contribution >= 4 is 23.0 Å². The summed E-state index contributed by atoms with van der Waals surface area (Å²) in [6.45, 7) is 6.93. The Morgan fingerprint density at radius 3 is 2.43 bits per heavy atom. The fourth-order valence-electron chi connectivity index (χ4n) is 3.43. The van der Waals surface area contributed by atoms with E-state index in [0.717, 1.165) is 42.3 Å². The van der Waals surface area contributed by atoms with Crippen LogP contribution in [0.3, 0.4) is 0 Å². The number of halogens is 1. The van der Waals surface area contributed by atoms with Crippen molar-refractivity contribution in [3.63, 3.8) is 0 Å². The van der Waals surface area contributed by atoms with E-state index in [-0.39, 0.29) is 29.6 Å². The number of carbonyl (C=O) groups excluding carboxylic acids is 1. The van der Waals surface area contributed by atoms with Gasteiger partial charge in [-0.15, -0.1) is 0 Å². The number of carbonyl (C=O) groups is 1. The van der Waals surface area contributed by atoms with Crippen LogP contribution >= 0.6 is 0 Å². The number of piperazine rings is 1. The van der Waals surface area contributed by atoms with Crippen LogP contribution in [0.15, 0.2) is 36.4 Å². The number of nitro groups is 1. The standard InChI is InChI=1S/C20H23FN4O3/c1-14-3-8-18(25(27)28)20(15(14)2)22-19(26)13-23-9-11-24(12-10-23)17-6-4-16(21)5-7-17/h3-8H,9-13H2,1-2H3,(H,22,26)/p+1. The fourth-order valence-corrected chi connectivity index (χ4v) is 3.43. The molecule has 0 unspecified atom stereocenters. The molecule has 8 heteroatoms. The second kappa shape index (κ2) is 8.35. The Morgan fingerprint density at radius 2 is 1.82 bits per heavy atom. The van der Waals surface area contributed by atoms with Crippen molar-refractivity contribution in [3.05, 3.63) is 63.5 Å². The average Bonchev–Trinajstić information content (AvgIpc) is 2.66. The minimum absolute atomic E-state index is 0.0902. The minimum atomic E-state index is -0.476. The first-order chi connectivity index (χ1) is 13.3. The summed E-state index contributed by atoms with van der Waals surface area (Å²) >= 11 is 0. The molecule has 1 fully saturated rings. The second-order valence-corrected chi connectivity index (χ2v) is 7.10. The predicted octanol–water partition coefficient (Wildman–Crippen LogP) is 1.69. The van der Waals surface area contributed by atoms with Crippen LogP contribution in [-0.4, -0.2) is 43.6 Å². The molecule has 0 atom stereocenters. The van der Waals surface area contributed by atoms with E-state index in [9.17, 15) is 19.3 Å². The van der Waals surface area contributed by atoms with E-state index < -0.39 is 4.92 Å². The maximum atomic E-state index is 13.1. The van der Waals surface area contributed by atoms with Crippen LogP contribution in [0.4, 0.5) is 21.5 Å². The Morgan fingerprint density at radius 1 is 1.18 bits per heavy atom. The first kappa shape index (κ1) is 19.8. The van der Waals surface area contributed by atoms with E-state index in [2.05, 4.69) is 10.2 Å². The van der Waals surface area contributed by atoms with Gasteiger partial charge in [0.25, 0.3) is 11.6 Å². The summed E-state index contributed by atoms with van der Waals surface area (Å²) in [5.41, 5.74) is 2.75. The van der Waals surface area contributed by atoms with E-state index in [4.69, 9.17) is 0 Å². The Balaban J connectivity index is 1.59. The van der Waals surface area contributed by atoms with Gasteiger partial charge in [-0.2, -0.15) is 0 Å². The van der Waals surface area contributed by atoms with Gasteiger partial charge in [-0.1, -0.05) is 6.07 Å². The summed E-state index contributed by atoms with van der Waals surface area (Å²) < 4.78 is 13.1. The molecule has 7 nitrogen and oxygen atoms in total. The zero-order valence-corrected chi connectivity index (χ0v) is 16.0. The van der Waals surface area contributed by atoms with Gasteiger partial charge in [0.1, 0.15) is 11.5 Å². The molecule has 0 radical (unpaired) electrons. The third kappa shape index (κ3) is 4.45. The molecule has 148 valence electrons. The summed E-state index contributed by atoms with van der Waals surface area (Å²) in [6.07, 6.45) is 0. The van der Waals surface area contributed by atoms with Gasteiger partial charge in [0.2, 0.25) is 0 Å². The van der Waals surface area contributed by atoms with Crippen LogP contribution < -0.4 is 15.1 Å². The highest BCUT2D eigenvalue weighted by atomic mass is 19.1. The van der Waals surface area contributed by atoms with Crippen molar-refractivity contribution in [2.45, 2.75) is 13.8 Å². The molecule has 0 saturated carbocycles. The molecular formula is C20H24FN4O3+. The molecule has 1 aliphatic heterocycles. The number of hydrogen-bond donors (Lipinski definition) is 2. The lowest BCUT2D eigenvalue weighted by Crippen LogP contribution is -3.15. The first-order valence-corrected chi connectivity index (χ1v) is 9.23. The van der Waals surface area contributed by atoms with E-state index >= 15 is 0 Å². The van der Waals surface area contributed by atoms with E-state index in [0.29, 0.717) is 5.56 Å². The van der Waals surface area contributed by atoms with Gasteiger partial charge >= 0.3 is 0 Å². The number of nitro benzene ring substituents is 1. The Hall–Kier alpha value is -3.00. The molecule has 28 heavy (non-hydrogen) atoms. The van der Waals surface area contributed by atoms with E-state index in [1.165, 1.54) is 18.2 Å². The molecule has 1 aliphatic rings. The number of anilines is 2. The maximum absolute atomic E-state index is 13.1. The van der Waals surface area contributed by atoms with Crippen molar-refractivity contribution in [2.75, 3.05) is 42.9 Å². The highest BCUT2D eigenvalue weighted by Crippen LogP contribution is 2.30. The minimum Gasteiger partial charge on any atom is -0.360 e. The van der Waals surface area contributed by atoms with Crippen LogP contribution in [0, 0.1) is 29.8 Å². The number of benzene rings is 2. The quantitative estimate of drug-likeness (QED) is 0.605. The zero-order valence-electron chi connectivity index (χ0n) is 16.0. The number of quaternary nitrogens is 1. The van der Waals surface area contributed by atoms with Crippen molar-refractivity contribution in [3.8, 4) is 0 Å². The van der Waals surface area contributed by atoms with Gasteiger partial charge in [-0.05, 0) is 49.2 Å². The summed E-state index contributed by atoms with van der Waals surface area (Å²) in [5.74, 6) is -0.493. The number of nitrogens with one attached hydrogen (secondary N) is 2. The molecule has 1 heterocycles. The molecule has 2 aromatic rings. The predicted molar refractivity (Wildman–Crippen MR) is 105 cm³/mol. The van der Waals surface area contributed by atoms with Crippen LogP contribution in [0.2, 0.25) is 0 Å². The maximum Gasteiger partial charge on any atom is 0.293 e. The van der Waals surface area contributed by atoms with Gasteiger partial charge < -0.3 is 15.1 Å². The van der Waals surface area contributed by atoms with Crippen LogP contribution in [-0.2, 0) is 4.79 Å². The van der Waals surface area contributed by atoms with Gasteiger partial charge in [0, 0.05) is 11.8 Å². The lowest BCUT2D eigenvalue weighted by atomic mass is 10.1. The average molecular weight is 387 g/mol. The smallest absolute Gasteiger partial charge is 0.293 e. The van der Waals surface area contributed by atoms with Crippen LogP contribution in [0.5, 0.6) is 0 Å². The van der Waals surface area contributed by atoms with Gasteiger partial charge in [-0.3, -0.25) is 14.9 Å². The van der Waals surface area contributed by atoms with Gasteiger partial charge in [0.05, 0.1) is 31.1 Å². The number of aryl methyl sites for hydroxylation is 1. The largest absolute Gasteiger partial charge is 0.360 e. The second-order valence-electron chi connectivity index (χ2n) is 7.10. The van der Waals surface area contributed by atoms with E-state index in [1.54, 1.807) is 25.1 Å². The van der Waals surface area contributed by atoms with E-state index in [1.807, 2.05) is 6.92 Å². The monoisotopic (exact) mass is 387 g/mol. The van der Waals surface area contributed by atoms with Crippen molar-refractivity contribution < 1.29 is 19.0 Å². The molecule has 2 N–H and O–H groups in total. The van der Waals surface area contributed by atoms with Crippen molar-refractivity contribution in [2.24, 2.45) is 0 Å². The highest BCUT2D eigenvalue weighted by Gasteiger charge is 2.25. The summed E-state index contributed by atoms with van der Waals surface area (Å²) in [4.78, 5) is 26.6. The molecule has 2 aromatic carbocycles. The third-order valence-electron chi connectivity index (χ3n) is 5.25. The zero-order chi connectivity index (χ0) is 20.3. The Bertz CT molecular complexity index is 878. The van der Waals surface area contributed by atoms with Crippen LogP contribution in [0.1, 0.15) is 11.1 Å². The number of amides is 1. The SMILES string of the molecule is Cc1ccc([N+](=O)[O-])c(NC(=O)C[NH+]2CCN(c3ccc(F)cc3)CC2)c1C. The van der Waals surface area contributed by atoms with Gasteiger partial charge in [0.15, 0.2) is 6.54 Å². The molecule has 3 rings (SSSR count). The summed E-state index contributed by atoms with van der Waals surface area (Å²) in [6, 6.07) is 9.51. The summed E-state index contributed by atoms with van der Waals surface area (Å²) in [5, 5.41) is 14.0. The summed E-state index contributed by atoms with van der Waals surface area (Å²) in [7, 11) is 0. The molecular weight excluding hydrogens is 363 g/mol. The lowest BCUT2D eigenvalue weighted by Gasteiger charge is -2.33. The first-order valence-electron chi connectivity index (χ1n) is 9.23. The topological polar surface area (TPSA) is 79.9 Å². The van der Waals surface area contributed by atoms with Crippen molar-refractivity contribution in [1.82, 2.24) is 0 Å². The lowest BCUT2D eigenvalue weighted by molar-refractivity contribution is -0.892. The molecule has 0 spiro atoms. The number of nitrogens with zero attached hydrogens (tertiary/aromatic N) is 2. The molecule has 1 saturated heterocycles. The van der Waals surface area contributed by atoms with Gasteiger partial charge in [-0.25, -0.2) is 4.39 Å². The number of hydrogen-bond acceptors (Lipinski definition) is 4. The van der Waals surface area contributed by atoms with Crippen LogP contribution in [0.25, 0.3) is 0 Å². The molecule has 0 aliphatic carbocycles. The number of rotatable bonds is 5.